The Balaban J connectivity index is 2.00. The molecule has 1 N–H and O–H groups in total. The highest BCUT2D eigenvalue weighted by Gasteiger charge is 2.06. The molecule has 0 saturated carbocycles. The summed E-state index contributed by atoms with van der Waals surface area (Å²) in [7, 11) is 0. The summed E-state index contributed by atoms with van der Waals surface area (Å²) in [4.78, 5) is 0. The minimum absolute atomic E-state index is 0.154. The summed E-state index contributed by atoms with van der Waals surface area (Å²) in [6.45, 7) is 4.10. The first-order valence-electron chi connectivity index (χ1n) is 6.99. The zero-order valence-corrected chi connectivity index (χ0v) is 13.0. The van der Waals surface area contributed by atoms with E-state index in [0.29, 0.717) is 10.8 Å². The van der Waals surface area contributed by atoms with Crippen LogP contribution in [0.25, 0.3) is 0 Å². The SMILES string of the molecule is CCC(C)Oc1ccc(C=NNc2ccccc2)cc1Cl. The van der Waals surface area contributed by atoms with Gasteiger partial charge in [-0.05, 0) is 49.2 Å². The third-order valence-electron chi connectivity index (χ3n) is 3.04. The molecular formula is C17H19ClN2O. The summed E-state index contributed by atoms with van der Waals surface area (Å²) in [6, 6.07) is 15.4. The lowest BCUT2D eigenvalue weighted by molar-refractivity contribution is 0.217. The van der Waals surface area contributed by atoms with Gasteiger partial charge in [0, 0.05) is 0 Å². The van der Waals surface area contributed by atoms with Crippen LogP contribution in [0.1, 0.15) is 25.8 Å². The lowest BCUT2D eigenvalue weighted by Crippen LogP contribution is -2.10. The Hall–Kier alpha value is -2.00. The van der Waals surface area contributed by atoms with Gasteiger partial charge < -0.3 is 4.74 Å². The quantitative estimate of drug-likeness (QED) is 0.604. The molecule has 0 radical (unpaired) electrons. The largest absolute Gasteiger partial charge is 0.489 e. The molecule has 0 bridgehead atoms. The second-order valence-corrected chi connectivity index (χ2v) is 5.17. The Morgan fingerprint density at radius 2 is 2.00 bits per heavy atom. The van der Waals surface area contributed by atoms with Gasteiger partial charge in [0.15, 0.2) is 0 Å². The van der Waals surface area contributed by atoms with Gasteiger partial charge in [-0.2, -0.15) is 5.10 Å². The third kappa shape index (κ3) is 4.80. The molecule has 0 aliphatic carbocycles. The Kier molecular flexibility index (Phi) is 5.64. The molecule has 0 spiro atoms. The van der Waals surface area contributed by atoms with E-state index in [1.165, 1.54) is 0 Å². The Morgan fingerprint density at radius 3 is 2.67 bits per heavy atom. The molecule has 4 heteroatoms. The van der Waals surface area contributed by atoms with Crippen LogP contribution in [0, 0.1) is 0 Å². The maximum absolute atomic E-state index is 6.22. The van der Waals surface area contributed by atoms with Crippen LogP contribution in [-0.2, 0) is 0 Å². The molecule has 0 heterocycles. The van der Waals surface area contributed by atoms with Crippen molar-refractivity contribution in [3.05, 3.63) is 59.1 Å². The molecule has 0 aromatic heterocycles. The predicted molar refractivity (Wildman–Crippen MR) is 89.5 cm³/mol. The highest BCUT2D eigenvalue weighted by Crippen LogP contribution is 2.26. The summed E-state index contributed by atoms with van der Waals surface area (Å²) in [5.74, 6) is 0.708. The first kappa shape index (κ1) is 15.4. The number of para-hydroxylation sites is 1. The molecule has 0 amide bonds. The molecule has 0 aliphatic heterocycles. The molecular weight excluding hydrogens is 284 g/mol. The van der Waals surface area contributed by atoms with Crippen molar-refractivity contribution in [3.63, 3.8) is 0 Å². The standard InChI is InChI=1S/C17H19ClN2O/c1-3-13(2)21-17-10-9-14(11-16(17)18)12-19-20-15-7-5-4-6-8-15/h4-13,20H,3H2,1-2H3. The zero-order chi connectivity index (χ0) is 15.1. The highest BCUT2D eigenvalue weighted by atomic mass is 35.5. The summed E-state index contributed by atoms with van der Waals surface area (Å²) < 4.78 is 5.73. The zero-order valence-electron chi connectivity index (χ0n) is 12.2. The van der Waals surface area contributed by atoms with Gasteiger partial charge in [-0.15, -0.1) is 0 Å². The van der Waals surface area contributed by atoms with Gasteiger partial charge in [0.05, 0.1) is 23.0 Å². The molecule has 1 atom stereocenters. The average Bonchev–Trinajstić information content (AvgIpc) is 2.51. The topological polar surface area (TPSA) is 33.6 Å². The van der Waals surface area contributed by atoms with E-state index < -0.39 is 0 Å². The minimum atomic E-state index is 0.154. The number of rotatable bonds is 6. The van der Waals surface area contributed by atoms with Crippen molar-refractivity contribution in [2.24, 2.45) is 5.10 Å². The predicted octanol–water partition coefficient (Wildman–Crippen LogP) is 4.96. The molecule has 2 aromatic rings. The molecule has 2 aromatic carbocycles. The Morgan fingerprint density at radius 1 is 1.24 bits per heavy atom. The van der Waals surface area contributed by atoms with Gasteiger partial charge in [-0.3, -0.25) is 5.43 Å². The van der Waals surface area contributed by atoms with Crippen LogP contribution in [0.15, 0.2) is 53.6 Å². The number of nitrogens with zero attached hydrogens (tertiary/aromatic N) is 1. The van der Waals surface area contributed by atoms with E-state index in [-0.39, 0.29) is 6.10 Å². The molecule has 1 unspecified atom stereocenters. The lowest BCUT2D eigenvalue weighted by atomic mass is 10.2. The van der Waals surface area contributed by atoms with E-state index >= 15 is 0 Å². The van der Waals surface area contributed by atoms with E-state index in [2.05, 4.69) is 17.5 Å². The fourth-order valence-electron chi connectivity index (χ4n) is 1.69. The van der Waals surface area contributed by atoms with E-state index in [1.54, 1.807) is 6.21 Å². The van der Waals surface area contributed by atoms with Crippen LogP contribution in [0.3, 0.4) is 0 Å². The van der Waals surface area contributed by atoms with Gasteiger partial charge in [0.1, 0.15) is 5.75 Å². The fourth-order valence-corrected chi connectivity index (χ4v) is 1.92. The Labute approximate surface area is 130 Å². The number of benzene rings is 2. The number of hydrogen-bond donors (Lipinski definition) is 1. The Bertz CT molecular complexity index is 599. The van der Waals surface area contributed by atoms with Crippen molar-refractivity contribution in [1.82, 2.24) is 0 Å². The molecule has 110 valence electrons. The number of hydrogen-bond acceptors (Lipinski definition) is 3. The number of hydrazone groups is 1. The lowest BCUT2D eigenvalue weighted by Gasteiger charge is -2.13. The van der Waals surface area contributed by atoms with Gasteiger partial charge in [0.2, 0.25) is 0 Å². The second kappa shape index (κ2) is 7.70. The first-order chi connectivity index (χ1) is 10.2. The van der Waals surface area contributed by atoms with E-state index in [4.69, 9.17) is 16.3 Å². The second-order valence-electron chi connectivity index (χ2n) is 4.76. The van der Waals surface area contributed by atoms with Crippen LogP contribution in [0.4, 0.5) is 5.69 Å². The van der Waals surface area contributed by atoms with E-state index in [9.17, 15) is 0 Å². The van der Waals surface area contributed by atoms with Crippen LogP contribution < -0.4 is 10.2 Å². The molecule has 2 rings (SSSR count). The highest BCUT2D eigenvalue weighted by molar-refractivity contribution is 6.32. The third-order valence-corrected chi connectivity index (χ3v) is 3.34. The first-order valence-corrected chi connectivity index (χ1v) is 7.37. The molecule has 21 heavy (non-hydrogen) atoms. The van der Waals surface area contributed by atoms with E-state index in [1.807, 2.05) is 55.5 Å². The van der Waals surface area contributed by atoms with Crippen molar-refractivity contribution >= 4 is 23.5 Å². The van der Waals surface area contributed by atoms with Crippen molar-refractivity contribution in [2.45, 2.75) is 26.4 Å². The number of nitrogens with one attached hydrogen (secondary N) is 1. The molecule has 0 fully saturated rings. The van der Waals surface area contributed by atoms with Crippen molar-refractivity contribution < 1.29 is 4.74 Å². The van der Waals surface area contributed by atoms with Crippen LogP contribution in [0.5, 0.6) is 5.75 Å². The van der Waals surface area contributed by atoms with E-state index in [0.717, 1.165) is 17.7 Å². The molecule has 0 aliphatic rings. The van der Waals surface area contributed by atoms with Crippen molar-refractivity contribution in [2.75, 3.05) is 5.43 Å². The van der Waals surface area contributed by atoms with Crippen LogP contribution in [0.2, 0.25) is 5.02 Å². The normalized spacial score (nSPS) is 12.3. The number of halogens is 1. The van der Waals surface area contributed by atoms with Crippen molar-refractivity contribution in [1.29, 1.82) is 0 Å². The summed E-state index contributed by atoms with van der Waals surface area (Å²) in [6.07, 6.45) is 2.83. The van der Waals surface area contributed by atoms with Gasteiger partial charge >= 0.3 is 0 Å². The summed E-state index contributed by atoms with van der Waals surface area (Å²) >= 11 is 6.22. The maximum Gasteiger partial charge on any atom is 0.138 e. The maximum atomic E-state index is 6.22. The molecule has 0 saturated heterocycles. The van der Waals surface area contributed by atoms with Crippen LogP contribution in [-0.4, -0.2) is 12.3 Å². The van der Waals surface area contributed by atoms with Crippen molar-refractivity contribution in [3.8, 4) is 5.75 Å². The average molecular weight is 303 g/mol. The minimum Gasteiger partial charge on any atom is -0.489 e. The fraction of sp³-hybridized carbons (Fsp3) is 0.235. The number of ether oxygens (including phenoxy) is 1. The monoisotopic (exact) mass is 302 g/mol. The smallest absolute Gasteiger partial charge is 0.138 e. The van der Waals surface area contributed by atoms with Crippen LogP contribution >= 0.6 is 11.6 Å². The van der Waals surface area contributed by atoms with Gasteiger partial charge in [-0.25, -0.2) is 0 Å². The molecule has 3 nitrogen and oxygen atoms in total. The summed E-state index contributed by atoms with van der Waals surface area (Å²) in [5.41, 5.74) is 4.82. The van der Waals surface area contributed by atoms with Gasteiger partial charge in [0.25, 0.3) is 0 Å². The van der Waals surface area contributed by atoms with Gasteiger partial charge in [-0.1, -0.05) is 36.7 Å². The summed E-state index contributed by atoms with van der Waals surface area (Å²) in [5, 5.41) is 4.78. The number of anilines is 1.